The quantitative estimate of drug-likeness (QED) is 0.575. The number of benzene rings is 1. The van der Waals surface area contributed by atoms with Crippen molar-refractivity contribution >= 4 is 17.0 Å². The number of hydrogen-bond acceptors (Lipinski definition) is 0. The van der Waals surface area contributed by atoms with Gasteiger partial charge in [-0.15, -0.1) is 0 Å². The van der Waals surface area contributed by atoms with E-state index in [1.807, 2.05) is 0 Å². The van der Waals surface area contributed by atoms with Gasteiger partial charge in [-0.1, -0.05) is 0 Å². The summed E-state index contributed by atoms with van der Waals surface area (Å²) in [5, 5.41) is 0. The Morgan fingerprint density at radius 3 is 1.83 bits per heavy atom. The van der Waals surface area contributed by atoms with Crippen molar-refractivity contribution in [2.75, 3.05) is 19.7 Å². The zero-order valence-corrected chi connectivity index (χ0v) is 10.6. The monoisotopic (exact) mass is 278 g/mol. The van der Waals surface area contributed by atoms with E-state index in [2.05, 4.69) is 50.1 Å². The summed E-state index contributed by atoms with van der Waals surface area (Å²) in [7, 11) is 0. The Bertz CT molecular complexity index is 244. The van der Waals surface area contributed by atoms with Crippen molar-refractivity contribution in [1.82, 2.24) is 0 Å². The van der Waals surface area contributed by atoms with Crippen LogP contribution in [-0.4, -0.2) is 19.7 Å². The van der Waals surface area contributed by atoms with Gasteiger partial charge in [-0.3, -0.25) is 0 Å². The van der Waals surface area contributed by atoms with Crippen LogP contribution in [0.4, 0.5) is 0 Å². The molecule has 1 aromatic carbocycles. The Morgan fingerprint density at radius 2 is 1.42 bits per heavy atom. The van der Waals surface area contributed by atoms with E-state index in [0.29, 0.717) is 0 Å². The van der Waals surface area contributed by atoms with Crippen LogP contribution in [0.3, 0.4) is 0 Å². The Hall–Kier alpha value is -0.0500. The van der Waals surface area contributed by atoms with E-state index in [1.165, 1.54) is 9.99 Å². The summed E-state index contributed by atoms with van der Waals surface area (Å²) in [6, 6.07) is 10.8. The second-order valence-corrected chi connectivity index (χ2v) is 24.8. The number of halogens is 1. The molecule has 0 aliphatic carbocycles. The first-order valence-corrected chi connectivity index (χ1v) is 14.2. The normalized spacial score (nSPS) is 15.2. The third-order valence-electron chi connectivity index (χ3n) is 1.53. The van der Waals surface area contributed by atoms with Gasteiger partial charge in [0.2, 0.25) is 0 Å². The maximum absolute atomic E-state index is 2.47. The van der Waals surface area contributed by atoms with E-state index in [9.17, 15) is 0 Å². The third kappa shape index (κ3) is 4.10. The molecule has 70 valence electrons. The van der Waals surface area contributed by atoms with Gasteiger partial charge in [-0.05, 0) is 0 Å². The van der Waals surface area contributed by atoms with Crippen LogP contribution in [0.25, 0.3) is 0 Å². The van der Waals surface area contributed by atoms with Crippen LogP contribution in [0.1, 0.15) is 5.56 Å². The predicted molar refractivity (Wildman–Crippen MR) is 67.9 cm³/mol. The molecule has 0 atom stereocenters. The summed E-state index contributed by atoms with van der Waals surface area (Å²) in [5.74, 6) is 0. The summed E-state index contributed by atoms with van der Waals surface area (Å²) >= 11 is -1.93. The van der Waals surface area contributed by atoms with Crippen molar-refractivity contribution in [3.8, 4) is 0 Å². The Balaban J connectivity index is 2.79. The van der Waals surface area contributed by atoms with Crippen LogP contribution in [0.5, 0.6) is 0 Å². The molecule has 0 unspecified atom stereocenters. The summed E-state index contributed by atoms with van der Waals surface area (Å²) in [4.78, 5) is 9.88. The molecule has 0 heterocycles. The fourth-order valence-corrected chi connectivity index (χ4v) is 5.22. The van der Waals surface area contributed by atoms with Crippen molar-refractivity contribution in [3.63, 3.8) is 0 Å². The van der Waals surface area contributed by atoms with Crippen LogP contribution < -0.4 is 0 Å². The molecule has 0 saturated carbocycles. The minimum absolute atomic E-state index is 1.31. The van der Waals surface area contributed by atoms with E-state index in [1.54, 1.807) is 0 Å². The first kappa shape index (κ1) is 10.0. The van der Waals surface area contributed by atoms with Crippen molar-refractivity contribution in [2.24, 2.45) is 0 Å². The van der Waals surface area contributed by atoms with Gasteiger partial charge in [0, 0.05) is 0 Å². The molecule has 1 heteroatoms. The van der Waals surface area contributed by atoms with Gasteiger partial charge in [-0.25, -0.2) is 0 Å². The van der Waals surface area contributed by atoms with Gasteiger partial charge >= 0.3 is 77.1 Å². The molecule has 0 bridgehead atoms. The van der Waals surface area contributed by atoms with Crippen LogP contribution in [0.15, 0.2) is 30.3 Å². The first-order chi connectivity index (χ1) is 5.33. The number of hydrogen-bond donors (Lipinski definition) is 0. The molecule has 0 N–H and O–H groups in total. The molecular weight excluding hydrogens is 259 g/mol. The van der Waals surface area contributed by atoms with Crippen LogP contribution in [0.2, 0.25) is 0 Å². The molecule has 0 aliphatic heterocycles. The maximum atomic E-state index is 2.47. The van der Waals surface area contributed by atoms with Gasteiger partial charge in [0.1, 0.15) is 0 Å². The molecule has 12 heavy (non-hydrogen) atoms. The van der Waals surface area contributed by atoms with Crippen LogP contribution in [0, 0.1) is 0 Å². The Morgan fingerprint density at radius 1 is 0.917 bits per heavy atom. The molecule has 1 aromatic rings. The summed E-state index contributed by atoms with van der Waals surface area (Å²) in [6.45, 7) is 0. The van der Waals surface area contributed by atoms with Crippen molar-refractivity contribution in [2.45, 2.75) is 4.43 Å². The summed E-state index contributed by atoms with van der Waals surface area (Å²) in [6.07, 6.45) is 0. The molecule has 0 nitrogen and oxygen atoms in total. The summed E-state index contributed by atoms with van der Waals surface area (Å²) in [5.41, 5.74) is 1.50. The second-order valence-electron chi connectivity index (χ2n) is 4.96. The molecule has 0 aromatic heterocycles. The van der Waals surface area contributed by atoms with Crippen LogP contribution >= 0.6 is 17.0 Å². The SMILES string of the molecule is CI(C)(C)(C)Cc1ccccc1. The summed E-state index contributed by atoms with van der Waals surface area (Å²) < 4.78 is 1.31. The molecule has 0 saturated heterocycles. The van der Waals surface area contributed by atoms with E-state index < -0.39 is 17.0 Å². The first-order valence-electron chi connectivity index (χ1n) is 4.04. The predicted octanol–water partition coefficient (Wildman–Crippen LogP) is 3.28. The average Bonchev–Trinajstić information content (AvgIpc) is 1.83. The average molecular weight is 278 g/mol. The van der Waals surface area contributed by atoms with E-state index in [-0.39, 0.29) is 0 Å². The van der Waals surface area contributed by atoms with Gasteiger partial charge in [0.05, 0.1) is 0 Å². The molecular formula is C11H19I. The van der Waals surface area contributed by atoms with Crippen molar-refractivity contribution in [1.29, 1.82) is 0 Å². The van der Waals surface area contributed by atoms with Gasteiger partial charge in [0.15, 0.2) is 0 Å². The molecule has 1 rings (SSSR count). The molecule has 0 spiro atoms. The second kappa shape index (κ2) is 3.02. The van der Waals surface area contributed by atoms with E-state index >= 15 is 0 Å². The molecule has 0 amide bonds. The Kier molecular flexibility index (Phi) is 2.52. The van der Waals surface area contributed by atoms with E-state index in [0.717, 1.165) is 0 Å². The number of rotatable bonds is 2. The molecule has 0 fully saturated rings. The third-order valence-corrected chi connectivity index (χ3v) is 5.46. The zero-order valence-electron chi connectivity index (χ0n) is 8.47. The molecule has 0 radical (unpaired) electrons. The van der Waals surface area contributed by atoms with Crippen LogP contribution in [-0.2, 0) is 4.43 Å². The topological polar surface area (TPSA) is 0 Å². The fraction of sp³-hybridized carbons (Fsp3) is 0.455. The van der Waals surface area contributed by atoms with E-state index in [4.69, 9.17) is 0 Å². The fourth-order valence-electron chi connectivity index (χ4n) is 1.18. The van der Waals surface area contributed by atoms with Crippen molar-refractivity contribution in [3.05, 3.63) is 35.9 Å². The van der Waals surface area contributed by atoms with Gasteiger partial charge < -0.3 is 0 Å². The molecule has 0 aliphatic rings. The number of alkyl halides is 5. The standard InChI is InChI=1S/C11H19I/c1-12(2,3,4)10-11-8-6-5-7-9-11/h5-9H,10H2,1-4H3. The zero-order chi connectivity index (χ0) is 9.27. The van der Waals surface area contributed by atoms with Gasteiger partial charge in [-0.2, -0.15) is 0 Å². The van der Waals surface area contributed by atoms with Gasteiger partial charge in [0.25, 0.3) is 0 Å². The van der Waals surface area contributed by atoms with Crippen molar-refractivity contribution < 1.29 is 0 Å². The minimum atomic E-state index is -1.93. The Labute approximate surface area is 77.0 Å².